The van der Waals surface area contributed by atoms with Crippen LogP contribution in [0.25, 0.3) is 0 Å². The number of carbonyl (C=O) groups is 1. The number of benzene rings is 2. The Bertz CT molecular complexity index is 1320. The molecule has 9 heteroatoms. The number of aliphatic imine (C=N–C) groups is 1. The van der Waals surface area contributed by atoms with Crippen LogP contribution in [0.3, 0.4) is 0 Å². The van der Waals surface area contributed by atoms with E-state index in [1.54, 1.807) is 32.9 Å². The predicted octanol–water partition coefficient (Wildman–Crippen LogP) is 6.75. The van der Waals surface area contributed by atoms with Crippen molar-refractivity contribution in [3.63, 3.8) is 0 Å². The molecule has 2 aliphatic rings. The maximum absolute atomic E-state index is 12.7. The van der Waals surface area contributed by atoms with Gasteiger partial charge in [-0.1, -0.05) is 13.8 Å². The second kappa shape index (κ2) is 11.9. The number of hydrogen-bond acceptors (Lipinski definition) is 8. The zero-order valence-corrected chi connectivity index (χ0v) is 24.3. The summed E-state index contributed by atoms with van der Waals surface area (Å²) in [6.45, 7) is 14.2. The van der Waals surface area contributed by atoms with E-state index < -0.39 is 28.8 Å². The van der Waals surface area contributed by atoms with Crippen molar-refractivity contribution in [2.75, 3.05) is 18.5 Å². The minimum Gasteiger partial charge on any atom is -0.462 e. The Balaban J connectivity index is 1.81. The van der Waals surface area contributed by atoms with E-state index in [0.717, 1.165) is 40.1 Å². The van der Waals surface area contributed by atoms with Crippen molar-refractivity contribution in [2.45, 2.75) is 73.3 Å². The number of aryl methyl sites for hydroxylation is 2. The largest absolute Gasteiger partial charge is 0.462 e. The molecule has 2 aromatic carbocycles. The fourth-order valence-electron chi connectivity index (χ4n) is 4.48. The fraction of sp³-hybridized carbons (Fsp3) is 0.484. The Kier molecular flexibility index (Phi) is 8.75. The van der Waals surface area contributed by atoms with Crippen LogP contribution in [0.15, 0.2) is 53.0 Å². The summed E-state index contributed by atoms with van der Waals surface area (Å²) in [5.41, 5.74) is 5.38. The van der Waals surface area contributed by atoms with Crippen molar-refractivity contribution in [3.8, 4) is 0 Å². The van der Waals surface area contributed by atoms with Gasteiger partial charge in [0.25, 0.3) is 5.69 Å². The molecule has 0 radical (unpaired) electrons. The van der Waals surface area contributed by atoms with Gasteiger partial charge in [-0.3, -0.25) is 14.9 Å². The van der Waals surface area contributed by atoms with Gasteiger partial charge in [0.2, 0.25) is 0 Å². The summed E-state index contributed by atoms with van der Waals surface area (Å²) < 4.78 is 18.2. The standard InChI is InChI=1S/C31H39N3O6/c1-18(2)12-13-38-27-16-23-28(21-8-10-22(11-9-21)34(36)37)32-24-14-19(3)20(4)15-25(24)33-29(23)26(40-27)17-39-30(35)31(5,6)7/h8-11,14-16,18,26-28,32H,12-13,17H2,1-7H3/t26-,27+,28+/m1/s1. The molecule has 3 atom stereocenters. The SMILES string of the molecule is Cc1cc2c(cc1C)N[C@@H](c1ccc([N+](=O)[O-])cc1)C1=C[C@@H](OCCC(C)C)O[C@H](COC(=O)C(C)(C)C)C1=N2. The minimum atomic E-state index is -0.682. The number of esters is 1. The summed E-state index contributed by atoms with van der Waals surface area (Å²) in [6.07, 6.45) is 1.41. The van der Waals surface area contributed by atoms with Gasteiger partial charge in [-0.2, -0.15) is 0 Å². The molecule has 40 heavy (non-hydrogen) atoms. The zero-order valence-electron chi connectivity index (χ0n) is 24.3. The number of hydrogen-bond donors (Lipinski definition) is 1. The normalized spacial score (nSPS) is 20.4. The molecule has 214 valence electrons. The van der Waals surface area contributed by atoms with Gasteiger partial charge in [-0.05, 0) is 94.0 Å². The van der Waals surface area contributed by atoms with Gasteiger partial charge in [0, 0.05) is 17.7 Å². The molecule has 2 heterocycles. The summed E-state index contributed by atoms with van der Waals surface area (Å²) in [4.78, 5) is 28.6. The number of nitrogens with zero attached hydrogens (tertiary/aromatic N) is 2. The van der Waals surface area contributed by atoms with E-state index in [9.17, 15) is 14.9 Å². The van der Waals surface area contributed by atoms with Crippen molar-refractivity contribution in [1.82, 2.24) is 0 Å². The Labute approximate surface area is 235 Å². The van der Waals surface area contributed by atoms with Gasteiger partial charge < -0.3 is 19.5 Å². The summed E-state index contributed by atoms with van der Waals surface area (Å²) in [7, 11) is 0. The van der Waals surface area contributed by atoms with Gasteiger partial charge in [0.1, 0.15) is 12.7 Å². The van der Waals surface area contributed by atoms with Crippen LogP contribution >= 0.6 is 0 Å². The fourth-order valence-corrected chi connectivity index (χ4v) is 4.48. The van der Waals surface area contributed by atoms with Crippen molar-refractivity contribution >= 4 is 28.7 Å². The lowest BCUT2D eigenvalue weighted by Gasteiger charge is -2.33. The van der Waals surface area contributed by atoms with Crippen LogP contribution in [-0.4, -0.2) is 42.2 Å². The highest BCUT2D eigenvalue weighted by molar-refractivity contribution is 6.08. The first-order valence-electron chi connectivity index (χ1n) is 13.7. The number of ether oxygens (including phenoxy) is 3. The van der Waals surface area contributed by atoms with Gasteiger partial charge >= 0.3 is 5.97 Å². The van der Waals surface area contributed by atoms with Gasteiger partial charge in [0.15, 0.2) is 6.29 Å². The molecule has 9 nitrogen and oxygen atoms in total. The lowest BCUT2D eigenvalue weighted by molar-refractivity contribution is -0.384. The minimum absolute atomic E-state index is 0.0148. The number of fused-ring (bicyclic) bond motifs is 2. The molecular weight excluding hydrogens is 510 g/mol. The van der Waals surface area contributed by atoms with Crippen molar-refractivity contribution in [1.29, 1.82) is 0 Å². The van der Waals surface area contributed by atoms with E-state index >= 15 is 0 Å². The van der Waals surface area contributed by atoms with E-state index in [-0.39, 0.29) is 18.3 Å². The molecular formula is C31H39N3O6. The van der Waals surface area contributed by atoms with E-state index in [4.69, 9.17) is 19.2 Å². The molecule has 0 unspecified atom stereocenters. The molecule has 0 aliphatic carbocycles. The third-order valence-corrected chi connectivity index (χ3v) is 7.07. The summed E-state index contributed by atoms with van der Waals surface area (Å²) in [5, 5.41) is 14.9. The first-order valence-corrected chi connectivity index (χ1v) is 13.7. The van der Waals surface area contributed by atoms with Crippen LogP contribution in [0.1, 0.15) is 63.8 Å². The first-order chi connectivity index (χ1) is 18.8. The molecule has 1 N–H and O–H groups in total. The van der Waals surface area contributed by atoms with Crippen LogP contribution in [0.2, 0.25) is 0 Å². The van der Waals surface area contributed by atoms with E-state index in [1.807, 2.05) is 26.0 Å². The third-order valence-electron chi connectivity index (χ3n) is 7.07. The molecule has 4 rings (SSSR count). The topological polar surface area (TPSA) is 112 Å². The lowest BCUT2D eigenvalue weighted by Crippen LogP contribution is -2.42. The van der Waals surface area contributed by atoms with E-state index in [0.29, 0.717) is 18.2 Å². The van der Waals surface area contributed by atoms with E-state index in [2.05, 4.69) is 25.2 Å². The molecule has 0 fully saturated rings. The zero-order chi connectivity index (χ0) is 29.2. The van der Waals surface area contributed by atoms with Crippen LogP contribution in [0, 0.1) is 35.3 Å². The average Bonchev–Trinajstić information content (AvgIpc) is 3.03. The highest BCUT2D eigenvalue weighted by Crippen LogP contribution is 2.41. The molecule has 2 aliphatic heterocycles. The number of carbonyl (C=O) groups excluding carboxylic acids is 1. The van der Waals surface area contributed by atoms with Crippen LogP contribution < -0.4 is 5.32 Å². The van der Waals surface area contributed by atoms with Gasteiger partial charge in [-0.25, -0.2) is 4.99 Å². The predicted molar refractivity (Wildman–Crippen MR) is 155 cm³/mol. The van der Waals surface area contributed by atoms with Gasteiger partial charge in [0.05, 0.1) is 40.1 Å². The number of non-ortho nitro benzene ring substituents is 1. The first kappa shape index (κ1) is 29.4. The third kappa shape index (κ3) is 6.77. The molecule has 2 aromatic rings. The van der Waals surface area contributed by atoms with Crippen LogP contribution in [0.5, 0.6) is 0 Å². The molecule has 0 amide bonds. The Morgan fingerprint density at radius 2 is 1.82 bits per heavy atom. The Morgan fingerprint density at radius 3 is 2.45 bits per heavy atom. The van der Waals surface area contributed by atoms with Crippen molar-refractivity contribution in [3.05, 3.63) is 74.9 Å². The van der Waals surface area contributed by atoms with Crippen molar-refractivity contribution < 1.29 is 23.9 Å². The highest BCUT2D eigenvalue weighted by Gasteiger charge is 2.38. The molecule has 0 spiro atoms. The molecule has 0 bridgehead atoms. The maximum atomic E-state index is 12.7. The highest BCUT2D eigenvalue weighted by atomic mass is 16.7. The van der Waals surface area contributed by atoms with E-state index in [1.165, 1.54) is 12.1 Å². The monoisotopic (exact) mass is 549 g/mol. The van der Waals surface area contributed by atoms with Gasteiger partial charge in [-0.15, -0.1) is 0 Å². The lowest BCUT2D eigenvalue weighted by atomic mass is 9.90. The Hall–Kier alpha value is -3.56. The summed E-state index contributed by atoms with van der Waals surface area (Å²) in [5.74, 6) is 0.126. The van der Waals surface area contributed by atoms with Crippen molar-refractivity contribution in [2.24, 2.45) is 16.3 Å². The smallest absolute Gasteiger partial charge is 0.311 e. The maximum Gasteiger partial charge on any atom is 0.311 e. The number of nitro benzene ring substituents is 1. The second-order valence-electron chi connectivity index (χ2n) is 11.9. The Morgan fingerprint density at radius 1 is 1.15 bits per heavy atom. The number of rotatable bonds is 8. The second-order valence-corrected chi connectivity index (χ2v) is 11.9. The summed E-state index contributed by atoms with van der Waals surface area (Å²) in [6, 6.07) is 10.2. The molecule has 0 saturated carbocycles. The van der Waals surface area contributed by atoms with Crippen LogP contribution in [-0.2, 0) is 19.0 Å². The quantitative estimate of drug-likeness (QED) is 0.220. The number of nitro groups is 1. The molecule has 0 aromatic heterocycles. The number of nitrogens with one attached hydrogen (secondary N) is 1. The summed E-state index contributed by atoms with van der Waals surface area (Å²) >= 11 is 0. The molecule has 0 saturated heterocycles. The van der Waals surface area contributed by atoms with Crippen LogP contribution in [0.4, 0.5) is 17.1 Å². The number of anilines is 1. The average molecular weight is 550 g/mol.